The van der Waals surface area contributed by atoms with Gasteiger partial charge in [-0.15, -0.1) is 0 Å². The molecule has 2 N–H and O–H groups in total. The highest BCUT2D eigenvalue weighted by molar-refractivity contribution is 4.77. The van der Waals surface area contributed by atoms with E-state index in [1.165, 1.54) is 32.1 Å². The average molecular weight is 241 g/mol. The summed E-state index contributed by atoms with van der Waals surface area (Å²) >= 11 is 0. The summed E-state index contributed by atoms with van der Waals surface area (Å²) in [5.41, 5.74) is 0. The Balaban J connectivity index is 1.94. The number of allylic oxidation sites excluding steroid dienone is 1. The van der Waals surface area contributed by atoms with E-state index in [4.69, 9.17) is 4.74 Å². The molecule has 0 amide bonds. The Morgan fingerprint density at radius 2 is 2.12 bits per heavy atom. The molecule has 0 aromatic carbocycles. The molecule has 0 aromatic rings. The van der Waals surface area contributed by atoms with Gasteiger partial charge in [0.1, 0.15) is 0 Å². The lowest BCUT2D eigenvalue weighted by atomic mass is 9.98. The number of hydrogen-bond donors (Lipinski definition) is 2. The number of hydrogen-bond acceptors (Lipinski definition) is 3. The van der Waals surface area contributed by atoms with Crippen molar-refractivity contribution in [2.45, 2.75) is 57.7 Å². The van der Waals surface area contributed by atoms with Crippen LogP contribution in [0.25, 0.3) is 0 Å². The predicted molar refractivity (Wildman–Crippen MR) is 71.1 cm³/mol. The molecule has 0 heterocycles. The highest BCUT2D eigenvalue weighted by Crippen LogP contribution is 2.20. The minimum atomic E-state index is -0.373. The van der Waals surface area contributed by atoms with E-state index < -0.39 is 0 Å². The van der Waals surface area contributed by atoms with E-state index in [9.17, 15) is 5.11 Å². The zero-order valence-electron chi connectivity index (χ0n) is 11.0. The molecule has 17 heavy (non-hydrogen) atoms. The third kappa shape index (κ3) is 7.53. The molecule has 1 rings (SSSR count). The SMILES string of the molecule is C/C=C/CCNCC(O)COC1CCCCC1. The van der Waals surface area contributed by atoms with Crippen LogP contribution in [-0.2, 0) is 4.74 Å². The molecule has 0 spiro atoms. The van der Waals surface area contributed by atoms with Crippen LogP contribution in [0.5, 0.6) is 0 Å². The average Bonchev–Trinajstić information content (AvgIpc) is 2.37. The van der Waals surface area contributed by atoms with Crippen LogP contribution in [0.1, 0.15) is 45.4 Å². The molecule has 0 radical (unpaired) electrons. The van der Waals surface area contributed by atoms with Crippen molar-refractivity contribution in [3.8, 4) is 0 Å². The second-order valence-corrected chi connectivity index (χ2v) is 4.81. The molecule has 3 nitrogen and oxygen atoms in total. The molecule has 1 saturated carbocycles. The van der Waals surface area contributed by atoms with Crippen LogP contribution in [0.15, 0.2) is 12.2 Å². The molecule has 100 valence electrons. The van der Waals surface area contributed by atoms with Gasteiger partial charge < -0.3 is 15.2 Å². The number of ether oxygens (including phenoxy) is 1. The highest BCUT2D eigenvalue weighted by Gasteiger charge is 2.15. The number of nitrogens with one attached hydrogen (secondary N) is 1. The molecule has 0 aromatic heterocycles. The summed E-state index contributed by atoms with van der Waals surface area (Å²) in [7, 11) is 0. The highest BCUT2D eigenvalue weighted by atomic mass is 16.5. The zero-order valence-corrected chi connectivity index (χ0v) is 11.0. The van der Waals surface area contributed by atoms with Gasteiger partial charge in [0.2, 0.25) is 0 Å². The van der Waals surface area contributed by atoms with Crippen molar-refractivity contribution in [2.75, 3.05) is 19.7 Å². The van der Waals surface area contributed by atoms with E-state index in [2.05, 4.69) is 11.4 Å². The lowest BCUT2D eigenvalue weighted by molar-refractivity contribution is -0.0228. The second kappa shape index (κ2) is 9.63. The zero-order chi connectivity index (χ0) is 12.3. The van der Waals surface area contributed by atoms with Gasteiger partial charge >= 0.3 is 0 Å². The van der Waals surface area contributed by atoms with Gasteiger partial charge in [0.05, 0.1) is 18.8 Å². The van der Waals surface area contributed by atoms with Gasteiger partial charge in [-0.3, -0.25) is 0 Å². The van der Waals surface area contributed by atoms with Crippen molar-refractivity contribution in [1.82, 2.24) is 5.32 Å². The van der Waals surface area contributed by atoms with Gasteiger partial charge in [-0.1, -0.05) is 31.4 Å². The normalized spacial score (nSPS) is 19.9. The summed E-state index contributed by atoms with van der Waals surface area (Å²) in [6.07, 6.45) is 11.4. The first kappa shape index (κ1) is 14.7. The van der Waals surface area contributed by atoms with E-state index in [1.807, 2.05) is 13.0 Å². The summed E-state index contributed by atoms with van der Waals surface area (Å²) < 4.78 is 5.72. The number of aliphatic hydroxyl groups is 1. The van der Waals surface area contributed by atoms with Gasteiger partial charge in [0.15, 0.2) is 0 Å². The lowest BCUT2D eigenvalue weighted by Crippen LogP contribution is -2.32. The largest absolute Gasteiger partial charge is 0.389 e. The molecule has 0 aliphatic heterocycles. The quantitative estimate of drug-likeness (QED) is 0.506. The van der Waals surface area contributed by atoms with Crippen LogP contribution in [-0.4, -0.2) is 37.0 Å². The Hall–Kier alpha value is -0.380. The Kier molecular flexibility index (Phi) is 8.32. The van der Waals surface area contributed by atoms with Crippen LogP contribution in [0.4, 0.5) is 0 Å². The Labute approximate surface area is 105 Å². The summed E-state index contributed by atoms with van der Waals surface area (Å²) in [4.78, 5) is 0. The van der Waals surface area contributed by atoms with Crippen LogP contribution in [0, 0.1) is 0 Å². The van der Waals surface area contributed by atoms with Crippen molar-refractivity contribution in [1.29, 1.82) is 0 Å². The Bertz CT molecular complexity index is 200. The topological polar surface area (TPSA) is 41.5 Å². The molecular formula is C14H27NO2. The van der Waals surface area contributed by atoms with Crippen molar-refractivity contribution in [3.63, 3.8) is 0 Å². The van der Waals surface area contributed by atoms with Crippen molar-refractivity contribution in [2.24, 2.45) is 0 Å². The molecule has 3 heteroatoms. The van der Waals surface area contributed by atoms with E-state index in [-0.39, 0.29) is 6.10 Å². The molecular weight excluding hydrogens is 214 g/mol. The first-order valence-corrected chi connectivity index (χ1v) is 6.94. The Morgan fingerprint density at radius 1 is 1.35 bits per heavy atom. The fourth-order valence-electron chi connectivity index (χ4n) is 2.16. The standard InChI is InChI=1S/C14H27NO2/c1-2-3-7-10-15-11-13(16)12-17-14-8-5-4-6-9-14/h2-3,13-16H,4-12H2,1H3/b3-2+. The third-order valence-corrected chi connectivity index (χ3v) is 3.18. The molecule has 0 bridgehead atoms. The fourth-order valence-corrected chi connectivity index (χ4v) is 2.16. The second-order valence-electron chi connectivity index (χ2n) is 4.81. The van der Waals surface area contributed by atoms with Crippen LogP contribution < -0.4 is 5.32 Å². The number of aliphatic hydroxyl groups excluding tert-OH is 1. The maximum Gasteiger partial charge on any atom is 0.0897 e. The van der Waals surface area contributed by atoms with E-state index >= 15 is 0 Å². The summed E-state index contributed by atoms with van der Waals surface area (Å²) in [6.45, 7) is 4.04. The van der Waals surface area contributed by atoms with Gasteiger partial charge in [0, 0.05) is 6.54 Å². The molecule has 1 unspecified atom stereocenters. The monoisotopic (exact) mass is 241 g/mol. The van der Waals surface area contributed by atoms with Gasteiger partial charge in [0.25, 0.3) is 0 Å². The first-order valence-electron chi connectivity index (χ1n) is 6.94. The summed E-state index contributed by atoms with van der Waals surface area (Å²) in [6, 6.07) is 0. The van der Waals surface area contributed by atoms with E-state index in [0.29, 0.717) is 19.3 Å². The molecule has 1 aliphatic rings. The third-order valence-electron chi connectivity index (χ3n) is 3.18. The smallest absolute Gasteiger partial charge is 0.0897 e. The van der Waals surface area contributed by atoms with Crippen LogP contribution >= 0.6 is 0 Å². The minimum absolute atomic E-state index is 0.373. The molecule has 1 fully saturated rings. The summed E-state index contributed by atoms with van der Waals surface area (Å²) in [5.74, 6) is 0. The molecule has 0 saturated heterocycles. The van der Waals surface area contributed by atoms with Crippen molar-refractivity contribution >= 4 is 0 Å². The van der Waals surface area contributed by atoms with Crippen molar-refractivity contribution < 1.29 is 9.84 Å². The maximum atomic E-state index is 9.73. The molecule has 1 atom stereocenters. The van der Waals surface area contributed by atoms with Gasteiger partial charge in [-0.2, -0.15) is 0 Å². The van der Waals surface area contributed by atoms with Crippen molar-refractivity contribution in [3.05, 3.63) is 12.2 Å². The number of rotatable bonds is 8. The van der Waals surface area contributed by atoms with E-state index in [0.717, 1.165) is 13.0 Å². The van der Waals surface area contributed by atoms with E-state index in [1.54, 1.807) is 0 Å². The fraction of sp³-hybridized carbons (Fsp3) is 0.857. The van der Waals surface area contributed by atoms with Crippen LogP contribution in [0.3, 0.4) is 0 Å². The molecule has 1 aliphatic carbocycles. The first-order chi connectivity index (χ1) is 8.33. The lowest BCUT2D eigenvalue weighted by Gasteiger charge is -2.23. The Morgan fingerprint density at radius 3 is 2.82 bits per heavy atom. The maximum absolute atomic E-state index is 9.73. The van der Waals surface area contributed by atoms with Gasteiger partial charge in [-0.05, 0) is 32.7 Å². The predicted octanol–water partition coefficient (Wildman–Crippen LogP) is 2.25. The van der Waals surface area contributed by atoms with Crippen LogP contribution in [0.2, 0.25) is 0 Å². The minimum Gasteiger partial charge on any atom is -0.389 e. The van der Waals surface area contributed by atoms with Gasteiger partial charge in [-0.25, -0.2) is 0 Å². The summed E-state index contributed by atoms with van der Waals surface area (Å²) in [5, 5.41) is 13.0.